The highest BCUT2D eigenvalue weighted by Gasteiger charge is 2.27. The molecular formula is C17H21N3O. The Bertz CT molecular complexity index is 638. The summed E-state index contributed by atoms with van der Waals surface area (Å²) >= 11 is 0. The van der Waals surface area contributed by atoms with Crippen molar-refractivity contribution in [1.82, 2.24) is 9.97 Å². The molecule has 0 spiro atoms. The molecule has 0 radical (unpaired) electrons. The quantitative estimate of drug-likeness (QED) is 0.891. The minimum atomic E-state index is 0.447. The third-order valence-corrected chi connectivity index (χ3v) is 3.96. The second kappa shape index (κ2) is 5.72. The normalized spacial score (nSPS) is 15.7. The Morgan fingerprint density at radius 1 is 1.29 bits per heavy atom. The average Bonchev–Trinajstić information content (AvgIpc) is 3.31. The molecule has 1 aliphatic rings. The van der Waals surface area contributed by atoms with Crippen LogP contribution in [0, 0.1) is 0 Å². The summed E-state index contributed by atoms with van der Waals surface area (Å²) in [5, 5.41) is 0. The molecule has 110 valence electrons. The zero-order valence-corrected chi connectivity index (χ0v) is 12.5. The molecule has 0 saturated heterocycles. The van der Waals surface area contributed by atoms with Crippen LogP contribution < -0.4 is 10.5 Å². The highest BCUT2D eigenvalue weighted by molar-refractivity contribution is 5.41. The predicted octanol–water partition coefficient (Wildman–Crippen LogP) is 4.24. The number of aromatic nitrogens is 2. The number of nitrogens with zero attached hydrogens (tertiary/aromatic N) is 2. The van der Waals surface area contributed by atoms with Gasteiger partial charge in [-0.3, -0.25) is 0 Å². The van der Waals surface area contributed by atoms with Gasteiger partial charge in [0.15, 0.2) is 0 Å². The lowest BCUT2D eigenvalue weighted by Gasteiger charge is -2.15. The fraction of sp³-hybridized carbons (Fsp3) is 0.412. The second-order valence-corrected chi connectivity index (χ2v) is 5.71. The van der Waals surface area contributed by atoms with Crippen LogP contribution in [0.5, 0.6) is 11.6 Å². The van der Waals surface area contributed by atoms with E-state index in [4.69, 9.17) is 10.5 Å². The summed E-state index contributed by atoms with van der Waals surface area (Å²) in [6.07, 6.45) is 3.36. The number of nitrogens with two attached hydrogens (primary N) is 1. The molecule has 1 heterocycles. The molecule has 4 nitrogen and oxygen atoms in total. The van der Waals surface area contributed by atoms with Crippen molar-refractivity contribution < 1.29 is 4.74 Å². The molecule has 1 aromatic carbocycles. The number of anilines is 1. The minimum Gasteiger partial charge on any atom is -0.439 e. The molecule has 1 saturated carbocycles. The van der Waals surface area contributed by atoms with E-state index < -0.39 is 0 Å². The van der Waals surface area contributed by atoms with Crippen molar-refractivity contribution in [3.8, 4) is 11.6 Å². The lowest BCUT2D eigenvalue weighted by atomic mass is 9.98. The van der Waals surface area contributed by atoms with Crippen LogP contribution in [-0.4, -0.2) is 9.97 Å². The van der Waals surface area contributed by atoms with E-state index in [0.717, 1.165) is 30.8 Å². The van der Waals surface area contributed by atoms with Gasteiger partial charge in [-0.05, 0) is 36.8 Å². The summed E-state index contributed by atoms with van der Waals surface area (Å²) in [6.45, 7) is 4.38. The second-order valence-electron chi connectivity index (χ2n) is 5.71. The van der Waals surface area contributed by atoms with E-state index in [1.165, 1.54) is 5.56 Å². The Kier molecular flexibility index (Phi) is 3.78. The maximum Gasteiger partial charge on any atom is 0.224 e. The highest BCUT2D eigenvalue weighted by atomic mass is 16.5. The van der Waals surface area contributed by atoms with Crippen LogP contribution in [0.15, 0.2) is 30.3 Å². The summed E-state index contributed by atoms with van der Waals surface area (Å²) in [5.74, 6) is 3.59. The Morgan fingerprint density at radius 2 is 2.05 bits per heavy atom. The number of nitrogen functional groups attached to an aromatic ring is 1. The molecular weight excluding hydrogens is 262 g/mol. The van der Waals surface area contributed by atoms with Gasteiger partial charge in [0, 0.05) is 12.0 Å². The van der Waals surface area contributed by atoms with E-state index in [1.807, 2.05) is 18.2 Å². The molecule has 1 aromatic heterocycles. The summed E-state index contributed by atoms with van der Waals surface area (Å²) in [6, 6.07) is 9.80. The summed E-state index contributed by atoms with van der Waals surface area (Å²) < 4.78 is 6.00. The van der Waals surface area contributed by atoms with Crippen molar-refractivity contribution >= 4 is 5.82 Å². The topological polar surface area (TPSA) is 61.0 Å². The molecule has 4 heteroatoms. The first-order valence-corrected chi connectivity index (χ1v) is 7.58. The van der Waals surface area contributed by atoms with Crippen molar-refractivity contribution in [2.45, 2.75) is 44.9 Å². The molecule has 1 fully saturated rings. The van der Waals surface area contributed by atoms with Crippen molar-refractivity contribution in [2.24, 2.45) is 0 Å². The Morgan fingerprint density at radius 3 is 2.76 bits per heavy atom. The lowest BCUT2D eigenvalue weighted by Crippen LogP contribution is -2.02. The zero-order chi connectivity index (χ0) is 14.8. The van der Waals surface area contributed by atoms with Crippen LogP contribution in [0.3, 0.4) is 0 Å². The predicted molar refractivity (Wildman–Crippen MR) is 83.6 cm³/mol. The minimum absolute atomic E-state index is 0.447. The van der Waals surface area contributed by atoms with Gasteiger partial charge >= 0.3 is 0 Å². The van der Waals surface area contributed by atoms with Gasteiger partial charge < -0.3 is 10.5 Å². The summed E-state index contributed by atoms with van der Waals surface area (Å²) in [7, 11) is 0. The number of rotatable bonds is 5. The molecule has 1 aliphatic carbocycles. The van der Waals surface area contributed by atoms with Crippen LogP contribution in [0.4, 0.5) is 5.82 Å². The first-order chi connectivity index (χ1) is 10.2. The SMILES string of the molecule is CCC(C)c1ccccc1Oc1cc(N)nc(C2CC2)n1. The third kappa shape index (κ3) is 3.15. The number of benzene rings is 1. The van der Waals surface area contributed by atoms with E-state index in [-0.39, 0.29) is 0 Å². The third-order valence-electron chi connectivity index (χ3n) is 3.96. The first-order valence-electron chi connectivity index (χ1n) is 7.58. The van der Waals surface area contributed by atoms with Crippen LogP contribution >= 0.6 is 0 Å². The number of para-hydroxylation sites is 1. The van der Waals surface area contributed by atoms with Crippen molar-refractivity contribution in [2.75, 3.05) is 5.73 Å². The van der Waals surface area contributed by atoms with Crippen molar-refractivity contribution in [1.29, 1.82) is 0 Å². The summed E-state index contributed by atoms with van der Waals surface area (Å²) in [5.41, 5.74) is 7.07. The maximum absolute atomic E-state index is 6.00. The molecule has 2 N–H and O–H groups in total. The van der Waals surface area contributed by atoms with E-state index in [0.29, 0.717) is 23.5 Å². The molecule has 0 amide bonds. The molecule has 3 rings (SSSR count). The van der Waals surface area contributed by atoms with Crippen LogP contribution in [0.2, 0.25) is 0 Å². The van der Waals surface area contributed by atoms with E-state index in [2.05, 4.69) is 29.9 Å². The van der Waals surface area contributed by atoms with Crippen LogP contribution in [0.1, 0.15) is 56.3 Å². The van der Waals surface area contributed by atoms with Gasteiger partial charge in [-0.1, -0.05) is 32.0 Å². The average molecular weight is 283 g/mol. The van der Waals surface area contributed by atoms with Crippen LogP contribution in [0.25, 0.3) is 0 Å². The molecule has 0 aliphatic heterocycles. The van der Waals surface area contributed by atoms with E-state index >= 15 is 0 Å². The van der Waals surface area contributed by atoms with E-state index in [1.54, 1.807) is 6.07 Å². The van der Waals surface area contributed by atoms with Gasteiger partial charge in [0.2, 0.25) is 5.88 Å². The van der Waals surface area contributed by atoms with Gasteiger partial charge in [0.05, 0.1) is 0 Å². The lowest BCUT2D eigenvalue weighted by molar-refractivity contribution is 0.448. The fourth-order valence-corrected chi connectivity index (χ4v) is 2.35. The molecule has 1 unspecified atom stereocenters. The fourth-order valence-electron chi connectivity index (χ4n) is 2.35. The van der Waals surface area contributed by atoms with E-state index in [9.17, 15) is 0 Å². The summed E-state index contributed by atoms with van der Waals surface area (Å²) in [4.78, 5) is 8.80. The number of hydrogen-bond donors (Lipinski definition) is 1. The van der Waals surface area contributed by atoms with Gasteiger partial charge in [0.25, 0.3) is 0 Å². The Labute approximate surface area is 125 Å². The molecule has 0 bridgehead atoms. The Hall–Kier alpha value is -2.10. The van der Waals surface area contributed by atoms with Gasteiger partial charge in [-0.2, -0.15) is 4.98 Å². The number of hydrogen-bond acceptors (Lipinski definition) is 4. The first kappa shape index (κ1) is 13.9. The largest absolute Gasteiger partial charge is 0.439 e. The van der Waals surface area contributed by atoms with Crippen molar-refractivity contribution in [3.05, 3.63) is 41.7 Å². The van der Waals surface area contributed by atoms with Crippen molar-refractivity contribution in [3.63, 3.8) is 0 Å². The van der Waals surface area contributed by atoms with Gasteiger partial charge in [-0.15, -0.1) is 0 Å². The van der Waals surface area contributed by atoms with Gasteiger partial charge in [0.1, 0.15) is 17.4 Å². The molecule has 2 aromatic rings. The van der Waals surface area contributed by atoms with Crippen LogP contribution in [-0.2, 0) is 0 Å². The number of ether oxygens (including phenoxy) is 1. The standard InChI is InChI=1S/C17H21N3O/c1-3-11(2)13-6-4-5-7-14(13)21-16-10-15(18)19-17(20-16)12-8-9-12/h4-7,10-12H,3,8-9H2,1-2H3,(H2,18,19,20). The smallest absolute Gasteiger partial charge is 0.224 e. The molecule has 1 atom stereocenters. The Balaban J connectivity index is 1.90. The maximum atomic E-state index is 6.00. The van der Waals surface area contributed by atoms with Gasteiger partial charge in [-0.25, -0.2) is 4.98 Å². The highest BCUT2D eigenvalue weighted by Crippen LogP contribution is 2.39. The monoisotopic (exact) mass is 283 g/mol. The zero-order valence-electron chi connectivity index (χ0n) is 12.5. The molecule has 21 heavy (non-hydrogen) atoms.